The molecule has 0 saturated carbocycles. The molecular weight excluding hydrogens is 224 g/mol. The average molecular weight is 248 g/mol. The maximum Gasteiger partial charge on any atom is 0.316 e. The van der Waals surface area contributed by atoms with Crippen LogP contribution in [0.1, 0.15) is 37.3 Å². The zero-order valence-electron chi connectivity index (χ0n) is 11.9. The minimum Gasteiger partial charge on any atom is -0.341 e. The normalized spacial score (nSPS) is 12.0. The average Bonchev–Trinajstić information content (AvgIpc) is 2.43. The molecule has 0 bridgehead atoms. The van der Waals surface area contributed by atoms with E-state index in [1.807, 2.05) is 7.05 Å². The molecule has 3 heteroatoms. The molecule has 1 atom stereocenters. The van der Waals surface area contributed by atoms with Crippen LogP contribution in [0.5, 0.6) is 0 Å². The number of hydrogen-bond donors (Lipinski definition) is 1. The zero-order chi connectivity index (χ0) is 13.5. The van der Waals surface area contributed by atoms with Gasteiger partial charge in [-0.05, 0) is 29.9 Å². The molecule has 1 aromatic carbocycles. The summed E-state index contributed by atoms with van der Waals surface area (Å²) < 4.78 is 0. The van der Waals surface area contributed by atoms with Crippen LogP contribution in [0.2, 0.25) is 0 Å². The van der Waals surface area contributed by atoms with Crippen molar-refractivity contribution < 1.29 is 4.79 Å². The number of urea groups is 1. The van der Waals surface area contributed by atoms with Crippen molar-refractivity contribution in [1.29, 1.82) is 0 Å². The highest BCUT2D eigenvalue weighted by atomic mass is 16.2. The molecule has 0 aliphatic heterocycles. The SMILES string of the molecule is CCC(C)c1ccc(CCN(C)C(=O)NC)cc1. The number of nitrogens with one attached hydrogen (secondary N) is 1. The summed E-state index contributed by atoms with van der Waals surface area (Å²) in [6.45, 7) is 5.19. The fourth-order valence-corrected chi connectivity index (χ4v) is 1.84. The van der Waals surface area contributed by atoms with Gasteiger partial charge in [0.2, 0.25) is 0 Å². The van der Waals surface area contributed by atoms with Gasteiger partial charge in [-0.25, -0.2) is 4.79 Å². The van der Waals surface area contributed by atoms with Crippen LogP contribution < -0.4 is 5.32 Å². The van der Waals surface area contributed by atoms with E-state index in [9.17, 15) is 4.79 Å². The molecule has 0 aliphatic carbocycles. The van der Waals surface area contributed by atoms with E-state index in [0.29, 0.717) is 5.92 Å². The van der Waals surface area contributed by atoms with Gasteiger partial charge < -0.3 is 10.2 Å². The first-order valence-electron chi connectivity index (χ1n) is 6.60. The number of rotatable bonds is 5. The van der Waals surface area contributed by atoms with E-state index in [1.54, 1.807) is 11.9 Å². The third-order valence-electron chi connectivity index (χ3n) is 3.46. The Hall–Kier alpha value is -1.51. The molecule has 18 heavy (non-hydrogen) atoms. The molecule has 2 amide bonds. The zero-order valence-corrected chi connectivity index (χ0v) is 11.9. The molecule has 0 radical (unpaired) electrons. The number of nitrogens with zero attached hydrogens (tertiary/aromatic N) is 1. The molecular formula is C15H24N2O. The number of carbonyl (C=O) groups is 1. The van der Waals surface area contributed by atoms with Crippen molar-refractivity contribution in [2.45, 2.75) is 32.6 Å². The highest BCUT2D eigenvalue weighted by molar-refractivity contribution is 5.73. The van der Waals surface area contributed by atoms with Crippen LogP contribution in [0.15, 0.2) is 24.3 Å². The largest absolute Gasteiger partial charge is 0.341 e. The first kappa shape index (κ1) is 14.6. The lowest BCUT2D eigenvalue weighted by molar-refractivity contribution is 0.211. The van der Waals surface area contributed by atoms with Gasteiger partial charge in [-0.1, -0.05) is 38.1 Å². The molecule has 3 nitrogen and oxygen atoms in total. The minimum atomic E-state index is -0.0359. The summed E-state index contributed by atoms with van der Waals surface area (Å²) >= 11 is 0. The van der Waals surface area contributed by atoms with Gasteiger partial charge in [-0.3, -0.25) is 0 Å². The van der Waals surface area contributed by atoms with Gasteiger partial charge in [0.25, 0.3) is 0 Å². The highest BCUT2D eigenvalue weighted by Crippen LogP contribution is 2.18. The van der Waals surface area contributed by atoms with Crippen molar-refractivity contribution in [2.24, 2.45) is 0 Å². The minimum absolute atomic E-state index is 0.0359. The van der Waals surface area contributed by atoms with E-state index in [-0.39, 0.29) is 6.03 Å². The van der Waals surface area contributed by atoms with Crippen LogP contribution in [-0.2, 0) is 6.42 Å². The van der Waals surface area contributed by atoms with Gasteiger partial charge in [-0.15, -0.1) is 0 Å². The monoisotopic (exact) mass is 248 g/mol. The molecule has 1 aromatic rings. The Bertz CT molecular complexity index is 373. The van der Waals surface area contributed by atoms with E-state index < -0.39 is 0 Å². The Morgan fingerprint density at radius 1 is 1.33 bits per heavy atom. The fraction of sp³-hybridized carbons (Fsp3) is 0.533. The second-order valence-corrected chi connectivity index (χ2v) is 4.78. The smallest absolute Gasteiger partial charge is 0.316 e. The maximum absolute atomic E-state index is 11.3. The van der Waals surface area contributed by atoms with Gasteiger partial charge in [0.05, 0.1) is 0 Å². The number of carbonyl (C=O) groups excluding carboxylic acids is 1. The number of hydrogen-bond acceptors (Lipinski definition) is 1. The van der Waals surface area contributed by atoms with E-state index in [0.717, 1.165) is 13.0 Å². The Kier molecular flexibility index (Phi) is 5.69. The van der Waals surface area contributed by atoms with Gasteiger partial charge in [-0.2, -0.15) is 0 Å². The lowest BCUT2D eigenvalue weighted by Gasteiger charge is -2.16. The predicted molar refractivity (Wildman–Crippen MR) is 75.9 cm³/mol. The molecule has 0 aliphatic rings. The second-order valence-electron chi connectivity index (χ2n) is 4.78. The molecule has 0 spiro atoms. The first-order valence-corrected chi connectivity index (χ1v) is 6.60. The third-order valence-corrected chi connectivity index (χ3v) is 3.46. The van der Waals surface area contributed by atoms with Crippen molar-refractivity contribution in [3.8, 4) is 0 Å². The molecule has 0 fully saturated rings. The number of likely N-dealkylation sites (N-methyl/N-ethyl adjacent to an activating group) is 1. The second kappa shape index (κ2) is 7.04. The van der Waals surface area contributed by atoms with Gasteiger partial charge in [0.1, 0.15) is 0 Å². The predicted octanol–water partition coefficient (Wildman–Crippen LogP) is 3.01. The number of benzene rings is 1. The summed E-state index contributed by atoms with van der Waals surface area (Å²) in [5.74, 6) is 0.618. The van der Waals surface area contributed by atoms with Crippen LogP contribution in [0.25, 0.3) is 0 Å². The van der Waals surface area contributed by atoms with E-state index >= 15 is 0 Å². The van der Waals surface area contributed by atoms with Crippen molar-refractivity contribution in [3.63, 3.8) is 0 Å². The van der Waals surface area contributed by atoms with E-state index in [1.165, 1.54) is 17.5 Å². The van der Waals surface area contributed by atoms with Crippen molar-refractivity contribution in [1.82, 2.24) is 10.2 Å². The van der Waals surface area contributed by atoms with Crippen LogP contribution >= 0.6 is 0 Å². The van der Waals surface area contributed by atoms with Crippen LogP contribution in [0.3, 0.4) is 0 Å². The summed E-state index contributed by atoms with van der Waals surface area (Å²) in [6, 6.07) is 8.69. The Morgan fingerprint density at radius 3 is 2.44 bits per heavy atom. The molecule has 0 heterocycles. The summed E-state index contributed by atoms with van der Waals surface area (Å²) in [4.78, 5) is 13.0. The lowest BCUT2D eigenvalue weighted by Crippen LogP contribution is -2.36. The Balaban J connectivity index is 2.51. The van der Waals surface area contributed by atoms with Crippen LogP contribution in [-0.4, -0.2) is 31.6 Å². The summed E-state index contributed by atoms with van der Waals surface area (Å²) in [6.07, 6.45) is 2.06. The quantitative estimate of drug-likeness (QED) is 0.853. The third kappa shape index (κ3) is 4.06. The van der Waals surface area contributed by atoms with E-state index in [2.05, 4.69) is 43.4 Å². The number of amides is 2. The standard InChI is InChI=1S/C15H24N2O/c1-5-12(2)14-8-6-13(7-9-14)10-11-17(4)15(18)16-3/h6-9,12H,5,10-11H2,1-4H3,(H,16,18). The summed E-state index contributed by atoms with van der Waals surface area (Å²) in [5, 5.41) is 2.62. The maximum atomic E-state index is 11.3. The van der Waals surface area contributed by atoms with Gasteiger partial charge in [0.15, 0.2) is 0 Å². The van der Waals surface area contributed by atoms with E-state index in [4.69, 9.17) is 0 Å². The van der Waals surface area contributed by atoms with Crippen LogP contribution in [0, 0.1) is 0 Å². The summed E-state index contributed by atoms with van der Waals surface area (Å²) in [5.41, 5.74) is 2.67. The molecule has 100 valence electrons. The Labute approximate surface area is 110 Å². The first-order chi connectivity index (χ1) is 8.58. The summed E-state index contributed by atoms with van der Waals surface area (Å²) in [7, 11) is 3.46. The van der Waals surface area contributed by atoms with Crippen molar-refractivity contribution in [3.05, 3.63) is 35.4 Å². The van der Waals surface area contributed by atoms with Crippen molar-refractivity contribution >= 4 is 6.03 Å². The van der Waals surface area contributed by atoms with Crippen molar-refractivity contribution in [2.75, 3.05) is 20.6 Å². The topological polar surface area (TPSA) is 32.3 Å². The molecule has 1 unspecified atom stereocenters. The van der Waals surface area contributed by atoms with Gasteiger partial charge >= 0.3 is 6.03 Å². The van der Waals surface area contributed by atoms with Crippen LogP contribution in [0.4, 0.5) is 4.79 Å². The highest BCUT2D eigenvalue weighted by Gasteiger charge is 2.06. The molecule has 1 rings (SSSR count). The molecule has 1 N–H and O–H groups in total. The molecule has 0 aromatic heterocycles. The fourth-order valence-electron chi connectivity index (χ4n) is 1.84. The van der Waals surface area contributed by atoms with Gasteiger partial charge in [0, 0.05) is 20.6 Å². The Morgan fingerprint density at radius 2 is 1.94 bits per heavy atom. The lowest BCUT2D eigenvalue weighted by atomic mass is 9.97. The molecule has 0 saturated heterocycles.